The number of ether oxygens (including phenoxy) is 2. The molecule has 2 atom stereocenters. The first-order valence-electron chi connectivity index (χ1n) is 14.0. The fourth-order valence-electron chi connectivity index (χ4n) is 4.67. The summed E-state index contributed by atoms with van der Waals surface area (Å²) in [7, 11) is 0. The largest absolute Gasteiger partial charge is 0.463 e. The van der Waals surface area contributed by atoms with E-state index in [1.165, 1.54) is 6.07 Å². The van der Waals surface area contributed by atoms with Crippen molar-refractivity contribution in [2.75, 3.05) is 18.5 Å². The van der Waals surface area contributed by atoms with E-state index < -0.39 is 5.79 Å². The molecule has 0 saturated heterocycles. The summed E-state index contributed by atoms with van der Waals surface area (Å²) in [6.07, 6.45) is 2.79. The summed E-state index contributed by atoms with van der Waals surface area (Å²) in [5.41, 5.74) is 12.6. The molecule has 2 heterocycles. The molecule has 4 N–H and O–H groups in total. The van der Waals surface area contributed by atoms with Gasteiger partial charge in [0.1, 0.15) is 18.6 Å². The Bertz CT molecular complexity index is 1400. The van der Waals surface area contributed by atoms with Gasteiger partial charge in [0.25, 0.3) is 0 Å². The molecule has 0 saturated carbocycles. The van der Waals surface area contributed by atoms with Gasteiger partial charge in [-0.3, -0.25) is 0 Å². The summed E-state index contributed by atoms with van der Waals surface area (Å²) in [4.78, 5) is 9.23. The van der Waals surface area contributed by atoms with Gasteiger partial charge < -0.3 is 19.9 Å². The predicted octanol–water partition coefficient (Wildman–Crippen LogP) is 5.48. The summed E-state index contributed by atoms with van der Waals surface area (Å²) in [5.74, 6) is -1.60. The van der Waals surface area contributed by atoms with Crippen LogP contribution in [0.5, 0.6) is 6.01 Å². The molecule has 224 valence electrons. The van der Waals surface area contributed by atoms with Crippen LogP contribution in [0.3, 0.4) is 0 Å². The maximum Gasteiger partial charge on any atom is 0.316 e. The van der Waals surface area contributed by atoms with Crippen molar-refractivity contribution in [3.63, 3.8) is 0 Å². The summed E-state index contributed by atoms with van der Waals surface area (Å²) >= 11 is 0. The Labute approximate surface area is 246 Å². The number of aliphatic hydroxyl groups is 1. The van der Waals surface area contributed by atoms with E-state index in [2.05, 4.69) is 62.2 Å². The maximum atomic E-state index is 14.8. The third kappa shape index (κ3) is 8.31. The number of rotatable bonds is 14. The topological polar surface area (TPSA) is 125 Å². The number of nitrogens with one attached hydrogen (secondary N) is 3. The minimum atomic E-state index is -1.23. The Morgan fingerprint density at radius 3 is 2.52 bits per heavy atom. The van der Waals surface area contributed by atoms with Crippen LogP contribution in [0.15, 0.2) is 59.4 Å². The van der Waals surface area contributed by atoms with E-state index in [9.17, 15) is 9.50 Å². The molecule has 1 aliphatic heterocycles. The molecule has 0 radical (unpaired) electrons. The molecule has 1 aromatic heterocycles. The monoisotopic (exact) mass is 577 g/mol. The van der Waals surface area contributed by atoms with Crippen LogP contribution < -0.4 is 21.0 Å². The van der Waals surface area contributed by atoms with Crippen molar-refractivity contribution in [1.82, 2.24) is 20.9 Å². The number of nitrogens with zero attached hydrogens (tertiary/aromatic N) is 4. The van der Waals surface area contributed by atoms with Crippen LogP contribution in [-0.4, -0.2) is 40.2 Å². The Morgan fingerprint density at radius 1 is 1.12 bits per heavy atom. The third-order valence-electron chi connectivity index (χ3n) is 7.08. The molecule has 0 amide bonds. The predicted molar refractivity (Wildman–Crippen MR) is 160 cm³/mol. The first kappa shape index (κ1) is 31.0. The summed E-state index contributed by atoms with van der Waals surface area (Å²) in [5, 5.41) is 20.8. The number of benzene rings is 2. The lowest BCUT2D eigenvalue weighted by molar-refractivity contribution is -0.182. The van der Waals surface area contributed by atoms with E-state index in [-0.39, 0.29) is 37.1 Å². The molecule has 11 heteroatoms. The normalized spacial score (nSPS) is 15.4. The van der Waals surface area contributed by atoms with Gasteiger partial charge in [-0.1, -0.05) is 35.6 Å². The van der Waals surface area contributed by atoms with Gasteiger partial charge in [0, 0.05) is 23.7 Å². The van der Waals surface area contributed by atoms with E-state index in [1.54, 1.807) is 19.9 Å². The molecule has 2 aromatic carbocycles. The van der Waals surface area contributed by atoms with Crippen molar-refractivity contribution < 1.29 is 19.0 Å². The first-order chi connectivity index (χ1) is 20.0. The minimum absolute atomic E-state index is 0.129. The zero-order valence-corrected chi connectivity index (χ0v) is 24.9. The standard InChI is InChI=1S/C31H40FN7O3/c1-7-22(18-42-31(5,6)40)17-41-30-34-20(3)29(21(4)35-30)26-10-8-9-24(19(26)2)16-33-25-13-11-23(27(32)15-25)12-14-28-36-38-39-37-28/h7-11,13,15,22,28,33,40H,1,12,14,16-18H2,2-6H3,(H,36,39)(H,37,38). The number of anilines is 1. The quantitative estimate of drug-likeness (QED) is 0.147. The second-order valence-corrected chi connectivity index (χ2v) is 10.9. The third-order valence-corrected chi connectivity index (χ3v) is 7.08. The highest BCUT2D eigenvalue weighted by Gasteiger charge is 2.19. The van der Waals surface area contributed by atoms with E-state index in [0.29, 0.717) is 30.6 Å². The Hall–Kier alpha value is -3.93. The average Bonchev–Trinajstić information content (AvgIpc) is 3.46. The van der Waals surface area contributed by atoms with E-state index in [0.717, 1.165) is 33.6 Å². The molecular formula is C31H40FN7O3. The zero-order valence-electron chi connectivity index (χ0n) is 24.9. The van der Waals surface area contributed by atoms with Crippen molar-refractivity contribution in [2.45, 2.75) is 66.0 Å². The van der Waals surface area contributed by atoms with Gasteiger partial charge in [0.2, 0.25) is 0 Å². The van der Waals surface area contributed by atoms with Crippen LogP contribution in [0.1, 0.15) is 48.3 Å². The Morgan fingerprint density at radius 2 is 1.88 bits per heavy atom. The van der Waals surface area contributed by atoms with Gasteiger partial charge in [0.05, 0.1) is 18.0 Å². The van der Waals surface area contributed by atoms with E-state index >= 15 is 0 Å². The molecule has 1 aliphatic rings. The van der Waals surface area contributed by atoms with Crippen molar-refractivity contribution in [1.29, 1.82) is 0 Å². The zero-order chi connectivity index (χ0) is 30.3. The molecule has 4 rings (SSSR count). The first-order valence-corrected chi connectivity index (χ1v) is 14.0. The number of aromatic nitrogens is 2. The molecular weight excluding hydrogens is 537 g/mol. The second kappa shape index (κ2) is 13.8. The van der Waals surface area contributed by atoms with E-state index in [4.69, 9.17) is 9.47 Å². The van der Waals surface area contributed by atoms with Crippen molar-refractivity contribution in [3.05, 3.63) is 82.9 Å². The highest BCUT2D eigenvalue weighted by atomic mass is 19.1. The maximum absolute atomic E-state index is 14.8. The summed E-state index contributed by atoms with van der Waals surface area (Å²) in [6.45, 7) is 14.0. The van der Waals surface area contributed by atoms with E-state index in [1.807, 2.05) is 32.0 Å². The molecule has 42 heavy (non-hydrogen) atoms. The van der Waals surface area contributed by atoms with Crippen LogP contribution in [0.4, 0.5) is 10.1 Å². The highest BCUT2D eigenvalue weighted by molar-refractivity contribution is 5.72. The van der Waals surface area contributed by atoms with Gasteiger partial charge in [-0.25, -0.2) is 9.93 Å². The van der Waals surface area contributed by atoms with Crippen molar-refractivity contribution in [2.24, 2.45) is 16.3 Å². The van der Waals surface area contributed by atoms with Crippen molar-refractivity contribution in [3.8, 4) is 17.1 Å². The smallest absolute Gasteiger partial charge is 0.316 e. The van der Waals surface area contributed by atoms with Crippen LogP contribution in [0, 0.1) is 32.5 Å². The second-order valence-electron chi connectivity index (χ2n) is 10.9. The lowest BCUT2D eigenvalue weighted by Gasteiger charge is -2.21. The number of hydrazine groups is 1. The van der Waals surface area contributed by atoms with Crippen LogP contribution >= 0.6 is 0 Å². The fraction of sp³-hybridized carbons (Fsp3) is 0.419. The average molecular weight is 578 g/mol. The lowest BCUT2D eigenvalue weighted by Crippen LogP contribution is -2.30. The molecule has 0 fully saturated rings. The van der Waals surface area contributed by atoms with Crippen LogP contribution in [-0.2, 0) is 17.7 Å². The molecule has 3 aromatic rings. The number of hydrogen-bond acceptors (Lipinski definition) is 10. The van der Waals surface area contributed by atoms with Crippen LogP contribution in [0.2, 0.25) is 0 Å². The van der Waals surface area contributed by atoms with Gasteiger partial charge in [-0.15, -0.1) is 11.7 Å². The number of aryl methyl sites for hydroxylation is 3. The summed E-state index contributed by atoms with van der Waals surface area (Å²) < 4.78 is 26.1. The molecule has 2 unspecified atom stereocenters. The number of hydrogen-bond donors (Lipinski definition) is 4. The molecule has 0 bridgehead atoms. The molecule has 10 nitrogen and oxygen atoms in total. The SMILES string of the molecule is C=CC(COc1nc(C)c(-c2cccc(CNc3ccc(CCC4N=NNN4)c(F)c3)c2C)c(C)n1)COC(C)(C)O. The number of halogens is 1. The lowest BCUT2D eigenvalue weighted by atomic mass is 9.94. The molecule has 0 aliphatic carbocycles. The van der Waals surface area contributed by atoms with Gasteiger partial charge in [0.15, 0.2) is 5.79 Å². The summed E-state index contributed by atoms with van der Waals surface area (Å²) in [6, 6.07) is 11.6. The highest BCUT2D eigenvalue weighted by Crippen LogP contribution is 2.31. The Kier molecular flexibility index (Phi) is 10.2. The van der Waals surface area contributed by atoms with Crippen LogP contribution in [0.25, 0.3) is 11.1 Å². The van der Waals surface area contributed by atoms with Crippen molar-refractivity contribution >= 4 is 5.69 Å². The van der Waals surface area contributed by atoms with Gasteiger partial charge in [-0.05, 0) is 81.8 Å². The fourth-order valence-corrected chi connectivity index (χ4v) is 4.67. The minimum Gasteiger partial charge on any atom is -0.463 e. The van der Waals surface area contributed by atoms with Gasteiger partial charge in [-0.2, -0.15) is 15.4 Å². The molecule has 0 spiro atoms. The van der Waals surface area contributed by atoms with Gasteiger partial charge >= 0.3 is 6.01 Å². The Balaban J connectivity index is 1.41.